The summed E-state index contributed by atoms with van der Waals surface area (Å²) in [6.45, 7) is 5.87. The fourth-order valence-corrected chi connectivity index (χ4v) is 6.33. The van der Waals surface area contributed by atoms with Crippen LogP contribution in [0, 0.1) is 30.5 Å². The second-order valence-electron chi connectivity index (χ2n) is 10.3. The summed E-state index contributed by atoms with van der Waals surface area (Å²) in [6.07, 6.45) is 12.9. The number of ketones is 1. The third-order valence-electron chi connectivity index (χ3n) is 8.61. The Balaban J connectivity index is 1.39. The van der Waals surface area contributed by atoms with Crippen molar-refractivity contribution in [2.75, 3.05) is 0 Å². The van der Waals surface area contributed by atoms with Gasteiger partial charge in [-0.3, -0.25) is 4.79 Å². The number of rotatable bonds is 6. The van der Waals surface area contributed by atoms with Crippen LogP contribution in [-0.4, -0.2) is 5.78 Å². The maximum Gasteiger partial charge on any atom is 0.162 e. The van der Waals surface area contributed by atoms with Gasteiger partial charge in [-0.1, -0.05) is 69.5 Å². The molecule has 2 aliphatic rings. The van der Waals surface area contributed by atoms with Gasteiger partial charge in [0.2, 0.25) is 0 Å². The molecule has 0 spiro atoms. The van der Waals surface area contributed by atoms with E-state index in [2.05, 4.69) is 31.2 Å². The number of Topliss-reactive ketones (excluding diaryl/α,β-unsaturated/α-hetero) is 1. The van der Waals surface area contributed by atoms with Crippen LogP contribution in [0.3, 0.4) is 0 Å². The molecule has 32 heavy (non-hydrogen) atoms. The van der Waals surface area contributed by atoms with Crippen LogP contribution < -0.4 is 0 Å². The van der Waals surface area contributed by atoms with Crippen molar-refractivity contribution in [3.8, 4) is 11.1 Å². The highest BCUT2D eigenvalue weighted by Crippen LogP contribution is 2.44. The van der Waals surface area contributed by atoms with Crippen LogP contribution in [0.2, 0.25) is 0 Å². The molecule has 2 saturated carbocycles. The van der Waals surface area contributed by atoms with Crippen molar-refractivity contribution in [1.82, 2.24) is 0 Å². The Morgan fingerprint density at radius 1 is 0.844 bits per heavy atom. The third kappa shape index (κ3) is 4.85. The summed E-state index contributed by atoms with van der Waals surface area (Å²) in [4.78, 5) is 12.0. The number of carbonyl (C=O) groups excluding carboxylic acids is 1. The molecule has 0 amide bonds. The molecule has 0 unspecified atom stereocenters. The van der Waals surface area contributed by atoms with E-state index < -0.39 is 0 Å². The molecule has 4 rings (SSSR count). The van der Waals surface area contributed by atoms with Gasteiger partial charge in [0.1, 0.15) is 5.82 Å². The highest BCUT2D eigenvalue weighted by atomic mass is 19.1. The molecule has 0 radical (unpaired) electrons. The van der Waals surface area contributed by atoms with Crippen LogP contribution in [-0.2, 0) is 0 Å². The predicted octanol–water partition coefficient (Wildman–Crippen LogP) is 8.88. The topological polar surface area (TPSA) is 17.1 Å². The molecule has 0 N–H and O–H groups in total. The molecule has 2 aromatic rings. The maximum absolute atomic E-state index is 15.0. The smallest absolute Gasteiger partial charge is 0.162 e. The highest BCUT2D eigenvalue weighted by molar-refractivity contribution is 5.97. The first-order valence-electron chi connectivity index (χ1n) is 12.9. The molecule has 2 fully saturated rings. The van der Waals surface area contributed by atoms with E-state index in [0.29, 0.717) is 29.0 Å². The van der Waals surface area contributed by atoms with Gasteiger partial charge < -0.3 is 0 Å². The summed E-state index contributed by atoms with van der Waals surface area (Å²) >= 11 is 0. The van der Waals surface area contributed by atoms with E-state index in [0.717, 1.165) is 23.3 Å². The van der Waals surface area contributed by atoms with Crippen LogP contribution in [0.4, 0.5) is 4.39 Å². The van der Waals surface area contributed by atoms with Crippen molar-refractivity contribution in [1.29, 1.82) is 0 Å². The Morgan fingerprint density at radius 3 is 2.00 bits per heavy atom. The lowest BCUT2D eigenvalue weighted by Crippen LogP contribution is -2.25. The summed E-state index contributed by atoms with van der Waals surface area (Å²) < 4.78 is 15.0. The summed E-state index contributed by atoms with van der Waals surface area (Å²) in [6, 6.07) is 12.1. The largest absolute Gasteiger partial charge is 0.294 e. The molecule has 0 aromatic heterocycles. The number of hydrogen-bond donors (Lipinski definition) is 0. The van der Waals surface area contributed by atoms with Crippen LogP contribution in [0.5, 0.6) is 0 Å². The van der Waals surface area contributed by atoms with Crippen molar-refractivity contribution in [2.45, 2.75) is 90.9 Å². The Morgan fingerprint density at radius 2 is 1.44 bits per heavy atom. The first-order chi connectivity index (χ1) is 15.5. The lowest BCUT2D eigenvalue weighted by molar-refractivity contribution is 0.0987. The quantitative estimate of drug-likeness (QED) is 0.415. The normalized spacial score (nSPS) is 26.1. The molecule has 0 heterocycles. The van der Waals surface area contributed by atoms with Crippen molar-refractivity contribution >= 4 is 5.78 Å². The average molecular weight is 435 g/mol. The molecule has 0 saturated heterocycles. The fraction of sp³-hybridized carbons (Fsp3) is 0.567. The number of benzene rings is 2. The molecule has 2 heteroatoms. The lowest BCUT2D eigenvalue weighted by Gasteiger charge is -2.38. The van der Waals surface area contributed by atoms with E-state index in [9.17, 15) is 4.79 Å². The standard InChI is InChI=1S/C30H39FO/c1-4-21-6-8-22(9-7-21)23-10-12-24(13-11-23)25-14-16-26(17-15-25)28-19-18-27(29(32)5-2)20(3)30(28)31/h14-19,21-24H,4-13H2,1-3H3. The van der Waals surface area contributed by atoms with Crippen LogP contribution in [0.25, 0.3) is 11.1 Å². The first kappa shape index (κ1) is 23.2. The van der Waals surface area contributed by atoms with Crippen LogP contribution >= 0.6 is 0 Å². The lowest BCUT2D eigenvalue weighted by atomic mass is 9.68. The van der Waals surface area contributed by atoms with Gasteiger partial charge in [0.15, 0.2) is 5.78 Å². The zero-order valence-electron chi connectivity index (χ0n) is 20.1. The van der Waals surface area contributed by atoms with E-state index in [1.807, 2.05) is 6.92 Å². The predicted molar refractivity (Wildman–Crippen MR) is 132 cm³/mol. The van der Waals surface area contributed by atoms with Gasteiger partial charge in [-0.2, -0.15) is 0 Å². The maximum atomic E-state index is 15.0. The van der Waals surface area contributed by atoms with E-state index in [1.54, 1.807) is 19.1 Å². The Labute approximate surface area is 193 Å². The monoisotopic (exact) mass is 434 g/mol. The van der Waals surface area contributed by atoms with Gasteiger partial charge in [0.05, 0.1) is 0 Å². The van der Waals surface area contributed by atoms with Crippen molar-refractivity contribution in [3.63, 3.8) is 0 Å². The van der Waals surface area contributed by atoms with E-state index in [1.165, 1.54) is 63.4 Å². The minimum atomic E-state index is -0.268. The molecule has 172 valence electrons. The van der Waals surface area contributed by atoms with Crippen LogP contribution in [0.1, 0.15) is 105 Å². The number of halogens is 1. The van der Waals surface area contributed by atoms with E-state index in [4.69, 9.17) is 0 Å². The van der Waals surface area contributed by atoms with E-state index in [-0.39, 0.29) is 11.6 Å². The minimum absolute atomic E-state index is 0.00249. The molecular formula is C30H39FO. The summed E-state index contributed by atoms with van der Waals surface area (Å²) in [5.41, 5.74) is 3.85. The second kappa shape index (κ2) is 10.3. The zero-order valence-corrected chi connectivity index (χ0v) is 20.1. The molecule has 0 bridgehead atoms. The third-order valence-corrected chi connectivity index (χ3v) is 8.61. The molecule has 2 aliphatic carbocycles. The summed E-state index contributed by atoms with van der Waals surface area (Å²) in [7, 11) is 0. The van der Waals surface area contributed by atoms with E-state index >= 15 is 4.39 Å². The molecular weight excluding hydrogens is 395 g/mol. The zero-order chi connectivity index (χ0) is 22.7. The van der Waals surface area contributed by atoms with Crippen molar-refractivity contribution in [3.05, 3.63) is 58.9 Å². The average Bonchev–Trinajstić information content (AvgIpc) is 2.85. The van der Waals surface area contributed by atoms with Crippen molar-refractivity contribution < 1.29 is 9.18 Å². The van der Waals surface area contributed by atoms with Gasteiger partial charge in [-0.25, -0.2) is 4.39 Å². The van der Waals surface area contributed by atoms with Gasteiger partial charge >= 0.3 is 0 Å². The fourth-order valence-electron chi connectivity index (χ4n) is 6.33. The van der Waals surface area contributed by atoms with Gasteiger partial charge in [-0.15, -0.1) is 0 Å². The summed E-state index contributed by atoms with van der Waals surface area (Å²) in [5, 5.41) is 0. The molecule has 0 aliphatic heterocycles. The molecule has 0 atom stereocenters. The molecule has 1 nitrogen and oxygen atoms in total. The first-order valence-corrected chi connectivity index (χ1v) is 12.9. The highest BCUT2D eigenvalue weighted by Gasteiger charge is 2.31. The molecule has 2 aromatic carbocycles. The Hall–Kier alpha value is -1.96. The van der Waals surface area contributed by atoms with Gasteiger partial charge in [0, 0.05) is 17.5 Å². The van der Waals surface area contributed by atoms with Crippen LogP contribution in [0.15, 0.2) is 36.4 Å². The number of hydrogen-bond acceptors (Lipinski definition) is 1. The Bertz CT molecular complexity index is 913. The SMILES string of the molecule is CCC(=O)c1ccc(-c2ccc(C3CCC(C4CCC(CC)CC4)CC3)cc2)c(F)c1C. The number of carbonyl (C=O) groups is 1. The second-order valence-corrected chi connectivity index (χ2v) is 10.3. The van der Waals surface area contributed by atoms with Crippen molar-refractivity contribution in [2.24, 2.45) is 17.8 Å². The minimum Gasteiger partial charge on any atom is -0.294 e. The van der Waals surface area contributed by atoms with Gasteiger partial charge in [0.25, 0.3) is 0 Å². The summed E-state index contributed by atoms with van der Waals surface area (Å²) in [5.74, 6) is 3.26. The Kier molecular flexibility index (Phi) is 7.48. The van der Waals surface area contributed by atoms with Gasteiger partial charge in [-0.05, 0) is 85.8 Å².